The Labute approximate surface area is 108 Å². The van der Waals surface area contributed by atoms with Crippen LogP contribution in [0.3, 0.4) is 0 Å². The lowest BCUT2D eigenvalue weighted by Gasteiger charge is -2.12. The van der Waals surface area contributed by atoms with Gasteiger partial charge in [-0.05, 0) is 24.3 Å². The van der Waals surface area contributed by atoms with Crippen molar-refractivity contribution in [1.29, 1.82) is 0 Å². The highest BCUT2D eigenvalue weighted by molar-refractivity contribution is 9.10. The maximum absolute atomic E-state index is 9.87. The lowest BCUT2D eigenvalue weighted by Crippen LogP contribution is -2.09. The topological polar surface area (TPSA) is 42.4 Å². The minimum absolute atomic E-state index is 0.210. The highest BCUT2D eigenvalue weighted by Crippen LogP contribution is 2.19. The normalized spacial score (nSPS) is 12.1. The largest absolute Gasteiger partial charge is 0.490 e. The Balaban J connectivity index is 1.95. The van der Waals surface area contributed by atoms with Gasteiger partial charge in [0, 0.05) is 22.4 Å². The summed E-state index contributed by atoms with van der Waals surface area (Å²) >= 11 is 3.36. The Morgan fingerprint density at radius 1 is 1.29 bits per heavy atom. The summed E-state index contributed by atoms with van der Waals surface area (Å²) in [5, 5.41) is 9.87. The summed E-state index contributed by atoms with van der Waals surface area (Å²) in [6, 6.07) is 11.1. The van der Waals surface area contributed by atoms with Crippen LogP contribution in [0.5, 0.6) is 5.75 Å². The number of ether oxygens (including phenoxy) is 1. The predicted octanol–water partition coefficient (Wildman–Crippen LogP) is 2.96. The standard InChI is InChI=1S/C13H12BrNO2/c14-11-4-1-5-12(7-11)17-9-13(16)10-3-2-6-15-8-10/h1-8,13,16H,9H2. The van der Waals surface area contributed by atoms with Crippen molar-refractivity contribution in [3.05, 3.63) is 58.8 Å². The van der Waals surface area contributed by atoms with Crippen molar-refractivity contribution in [3.8, 4) is 5.75 Å². The van der Waals surface area contributed by atoms with Crippen LogP contribution < -0.4 is 4.74 Å². The van der Waals surface area contributed by atoms with E-state index in [1.165, 1.54) is 0 Å². The summed E-state index contributed by atoms with van der Waals surface area (Å²) in [4.78, 5) is 3.95. The molecule has 2 rings (SSSR count). The molecule has 0 radical (unpaired) electrons. The number of aromatic nitrogens is 1. The van der Waals surface area contributed by atoms with Crippen LogP contribution in [0.25, 0.3) is 0 Å². The Kier molecular flexibility index (Phi) is 4.12. The fourth-order valence-electron chi connectivity index (χ4n) is 1.40. The lowest BCUT2D eigenvalue weighted by molar-refractivity contribution is 0.108. The molecule has 0 fully saturated rings. The molecule has 0 aliphatic rings. The van der Waals surface area contributed by atoms with Gasteiger partial charge in [0.2, 0.25) is 0 Å². The third-order valence-corrected chi connectivity index (χ3v) is 2.77. The first-order chi connectivity index (χ1) is 8.25. The summed E-state index contributed by atoms with van der Waals surface area (Å²) in [5.41, 5.74) is 0.752. The van der Waals surface area contributed by atoms with Gasteiger partial charge in [-0.1, -0.05) is 28.1 Å². The Hall–Kier alpha value is -1.39. The Bertz CT molecular complexity index is 476. The number of hydrogen-bond acceptors (Lipinski definition) is 3. The first-order valence-electron chi connectivity index (χ1n) is 5.22. The molecule has 0 bridgehead atoms. The summed E-state index contributed by atoms with van der Waals surface area (Å²) in [6.07, 6.45) is 2.64. The minimum Gasteiger partial charge on any atom is -0.490 e. The van der Waals surface area contributed by atoms with E-state index in [0.29, 0.717) is 0 Å². The molecular weight excluding hydrogens is 282 g/mol. The van der Waals surface area contributed by atoms with E-state index in [1.807, 2.05) is 30.3 Å². The number of pyridine rings is 1. The van der Waals surface area contributed by atoms with E-state index in [-0.39, 0.29) is 6.61 Å². The van der Waals surface area contributed by atoms with E-state index >= 15 is 0 Å². The third kappa shape index (κ3) is 3.54. The van der Waals surface area contributed by atoms with Crippen molar-refractivity contribution in [2.45, 2.75) is 6.10 Å². The van der Waals surface area contributed by atoms with Crippen LogP contribution in [0.4, 0.5) is 0 Å². The maximum atomic E-state index is 9.87. The molecule has 88 valence electrons. The second-order valence-corrected chi connectivity index (χ2v) is 4.49. The quantitative estimate of drug-likeness (QED) is 0.942. The number of benzene rings is 1. The van der Waals surface area contributed by atoms with Crippen LogP contribution in [0.2, 0.25) is 0 Å². The minimum atomic E-state index is -0.664. The number of aliphatic hydroxyl groups is 1. The summed E-state index contributed by atoms with van der Waals surface area (Å²) in [5.74, 6) is 0.724. The average molecular weight is 294 g/mol. The number of aliphatic hydroxyl groups excluding tert-OH is 1. The van der Waals surface area contributed by atoms with Crippen LogP contribution in [0, 0.1) is 0 Å². The fraction of sp³-hybridized carbons (Fsp3) is 0.154. The molecular formula is C13H12BrNO2. The van der Waals surface area contributed by atoms with Crippen molar-refractivity contribution in [2.24, 2.45) is 0 Å². The van der Waals surface area contributed by atoms with Gasteiger partial charge in [0.25, 0.3) is 0 Å². The van der Waals surface area contributed by atoms with E-state index < -0.39 is 6.10 Å². The van der Waals surface area contributed by atoms with E-state index in [0.717, 1.165) is 15.8 Å². The molecule has 1 heterocycles. The summed E-state index contributed by atoms with van der Waals surface area (Å²) in [7, 11) is 0. The molecule has 1 aromatic carbocycles. The fourth-order valence-corrected chi connectivity index (χ4v) is 1.78. The SMILES string of the molecule is OC(COc1cccc(Br)c1)c1cccnc1. The zero-order valence-corrected chi connectivity index (χ0v) is 10.7. The molecule has 1 atom stereocenters. The summed E-state index contributed by atoms with van der Waals surface area (Å²) < 4.78 is 6.45. The second kappa shape index (κ2) is 5.80. The maximum Gasteiger partial charge on any atom is 0.120 e. The van der Waals surface area contributed by atoms with Gasteiger partial charge in [0.05, 0.1) is 0 Å². The second-order valence-electron chi connectivity index (χ2n) is 3.57. The Morgan fingerprint density at radius 3 is 2.88 bits per heavy atom. The van der Waals surface area contributed by atoms with E-state index in [9.17, 15) is 5.11 Å². The molecule has 0 saturated heterocycles. The van der Waals surface area contributed by atoms with E-state index in [1.54, 1.807) is 18.5 Å². The molecule has 2 aromatic rings. The third-order valence-electron chi connectivity index (χ3n) is 2.27. The summed E-state index contributed by atoms with van der Waals surface area (Å²) in [6.45, 7) is 0.210. The molecule has 1 aromatic heterocycles. The number of hydrogen-bond donors (Lipinski definition) is 1. The number of halogens is 1. The molecule has 0 aliphatic heterocycles. The van der Waals surface area contributed by atoms with Crippen molar-refractivity contribution >= 4 is 15.9 Å². The smallest absolute Gasteiger partial charge is 0.120 e. The van der Waals surface area contributed by atoms with Gasteiger partial charge >= 0.3 is 0 Å². The average Bonchev–Trinajstić information content (AvgIpc) is 2.37. The van der Waals surface area contributed by atoms with Crippen molar-refractivity contribution in [3.63, 3.8) is 0 Å². The zero-order chi connectivity index (χ0) is 12.1. The van der Waals surface area contributed by atoms with E-state index in [2.05, 4.69) is 20.9 Å². The first-order valence-corrected chi connectivity index (χ1v) is 6.01. The van der Waals surface area contributed by atoms with Crippen LogP contribution >= 0.6 is 15.9 Å². The molecule has 4 heteroatoms. The zero-order valence-electron chi connectivity index (χ0n) is 9.08. The molecule has 1 N–H and O–H groups in total. The van der Waals surface area contributed by atoms with Crippen molar-refractivity contribution in [2.75, 3.05) is 6.61 Å². The molecule has 17 heavy (non-hydrogen) atoms. The van der Waals surface area contributed by atoms with Gasteiger partial charge in [-0.3, -0.25) is 4.98 Å². The van der Waals surface area contributed by atoms with Crippen LogP contribution in [0.15, 0.2) is 53.3 Å². The van der Waals surface area contributed by atoms with Crippen LogP contribution in [-0.4, -0.2) is 16.7 Å². The lowest BCUT2D eigenvalue weighted by atomic mass is 10.2. The van der Waals surface area contributed by atoms with Crippen molar-refractivity contribution in [1.82, 2.24) is 4.98 Å². The highest BCUT2D eigenvalue weighted by atomic mass is 79.9. The van der Waals surface area contributed by atoms with Crippen molar-refractivity contribution < 1.29 is 9.84 Å². The first kappa shape index (κ1) is 12.1. The van der Waals surface area contributed by atoms with Gasteiger partial charge in [0.15, 0.2) is 0 Å². The van der Waals surface area contributed by atoms with Gasteiger partial charge in [-0.15, -0.1) is 0 Å². The molecule has 0 saturated carbocycles. The molecule has 0 aliphatic carbocycles. The van der Waals surface area contributed by atoms with Gasteiger partial charge in [-0.25, -0.2) is 0 Å². The van der Waals surface area contributed by atoms with E-state index in [4.69, 9.17) is 4.74 Å². The van der Waals surface area contributed by atoms with Gasteiger partial charge in [-0.2, -0.15) is 0 Å². The number of nitrogens with zero attached hydrogens (tertiary/aromatic N) is 1. The van der Waals surface area contributed by atoms with Gasteiger partial charge < -0.3 is 9.84 Å². The monoisotopic (exact) mass is 293 g/mol. The molecule has 1 unspecified atom stereocenters. The van der Waals surface area contributed by atoms with Gasteiger partial charge in [0.1, 0.15) is 18.5 Å². The highest BCUT2D eigenvalue weighted by Gasteiger charge is 2.08. The van der Waals surface area contributed by atoms with Crippen LogP contribution in [0.1, 0.15) is 11.7 Å². The predicted molar refractivity (Wildman–Crippen MR) is 68.8 cm³/mol. The number of rotatable bonds is 4. The molecule has 0 amide bonds. The Morgan fingerprint density at radius 2 is 2.18 bits per heavy atom. The van der Waals surface area contributed by atoms with Crippen LogP contribution in [-0.2, 0) is 0 Å². The molecule has 3 nitrogen and oxygen atoms in total. The molecule has 0 spiro atoms.